The quantitative estimate of drug-likeness (QED) is 0.322. The fourth-order valence-corrected chi connectivity index (χ4v) is 2.47. The maximum atomic E-state index is 9.60. The van der Waals surface area contributed by atoms with E-state index < -0.39 is 17.9 Å². The molecule has 1 aromatic carbocycles. The Morgan fingerprint density at radius 2 is 1.06 bits per heavy atom. The summed E-state index contributed by atoms with van der Waals surface area (Å²) < 4.78 is 0. The molecule has 0 spiro atoms. The van der Waals surface area contributed by atoms with E-state index in [9.17, 15) is 14.4 Å². The van der Waals surface area contributed by atoms with Crippen LogP contribution in [0.3, 0.4) is 0 Å². The summed E-state index contributed by atoms with van der Waals surface area (Å²) >= 11 is 0. The Balaban J connectivity index is -0.000000360. The van der Waals surface area contributed by atoms with Crippen LogP contribution in [0.25, 0.3) is 0 Å². The predicted molar refractivity (Wildman–Crippen MR) is 120 cm³/mol. The second kappa shape index (κ2) is 16.4. The average Bonchev–Trinajstić information content (AvgIpc) is 2.87. The molecule has 172 valence electrons. The summed E-state index contributed by atoms with van der Waals surface area (Å²) in [7, 11) is 0. The number of fused-ring (bicyclic) bond motifs is 1. The molecule has 1 aliphatic rings. The third kappa shape index (κ3) is 13.6. The van der Waals surface area contributed by atoms with E-state index in [1.807, 2.05) is 0 Å². The number of rotatable bonds is 3. The van der Waals surface area contributed by atoms with Crippen molar-refractivity contribution in [2.75, 3.05) is 0 Å². The van der Waals surface area contributed by atoms with Crippen molar-refractivity contribution in [3.8, 4) is 0 Å². The van der Waals surface area contributed by atoms with Crippen molar-refractivity contribution in [1.29, 1.82) is 0 Å². The van der Waals surface area contributed by atoms with Gasteiger partial charge in [0, 0.05) is 38.4 Å². The van der Waals surface area contributed by atoms with Crippen LogP contribution in [0.15, 0.2) is 36.5 Å². The van der Waals surface area contributed by atoms with Gasteiger partial charge in [-0.05, 0) is 20.8 Å². The molecule has 0 aromatic heterocycles. The van der Waals surface area contributed by atoms with Crippen LogP contribution in [0.1, 0.15) is 61.4 Å². The molecule has 3 N–H and O–H groups in total. The summed E-state index contributed by atoms with van der Waals surface area (Å²) in [6.45, 7) is 20.6. The number of hydrogen-bond acceptors (Lipinski definition) is 3. The van der Waals surface area contributed by atoms with Crippen molar-refractivity contribution in [2.45, 2.75) is 67.2 Å². The van der Waals surface area contributed by atoms with Crippen molar-refractivity contribution >= 4 is 17.9 Å². The van der Waals surface area contributed by atoms with Gasteiger partial charge < -0.3 is 15.3 Å². The molecular formula is C24H35O6Ti-. The predicted octanol–water partition coefficient (Wildman–Crippen LogP) is 5.15. The fraction of sp³-hybridized carbons (Fsp3) is 0.417. The van der Waals surface area contributed by atoms with Gasteiger partial charge in [0.2, 0.25) is 0 Å². The molecule has 0 saturated carbocycles. The minimum atomic E-state index is -0.935. The maximum Gasteiger partial charge on any atom is 0.330 e. The van der Waals surface area contributed by atoms with Crippen LogP contribution in [0.2, 0.25) is 0 Å². The van der Waals surface area contributed by atoms with Crippen LogP contribution >= 0.6 is 0 Å². The average molecular weight is 467 g/mol. The Bertz CT molecular complexity index is 692. The van der Waals surface area contributed by atoms with E-state index in [1.165, 1.54) is 46.5 Å². The van der Waals surface area contributed by atoms with Gasteiger partial charge in [-0.2, -0.15) is 27.8 Å². The van der Waals surface area contributed by atoms with Gasteiger partial charge in [-0.15, -0.1) is 0 Å². The molecule has 0 radical (unpaired) electrons. The first-order valence-electron chi connectivity index (χ1n) is 9.55. The number of carboxylic acid groups (broad SMARTS) is 3. The van der Waals surface area contributed by atoms with Crippen LogP contribution in [0.4, 0.5) is 0 Å². The zero-order valence-electron chi connectivity index (χ0n) is 19.5. The van der Waals surface area contributed by atoms with Crippen molar-refractivity contribution < 1.29 is 51.4 Å². The topological polar surface area (TPSA) is 112 Å². The van der Waals surface area contributed by atoms with Gasteiger partial charge in [0.1, 0.15) is 0 Å². The van der Waals surface area contributed by atoms with Crippen LogP contribution in [-0.2, 0) is 48.9 Å². The second-order valence-electron chi connectivity index (χ2n) is 7.30. The van der Waals surface area contributed by atoms with Crippen LogP contribution in [0.5, 0.6) is 0 Å². The first-order chi connectivity index (χ1) is 13.6. The van der Waals surface area contributed by atoms with E-state index in [0.717, 1.165) is 0 Å². The molecule has 0 atom stereocenters. The molecule has 1 aliphatic carbocycles. The Kier molecular flexibility index (Phi) is 17.6. The van der Waals surface area contributed by atoms with Gasteiger partial charge in [-0.25, -0.2) is 14.4 Å². The molecule has 0 fully saturated rings. The van der Waals surface area contributed by atoms with Crippen molar-refractivity contribution in [3.05, 3.63) is 64.3 Å². The minimum absolute atomic E-state index is 0. The van der Waals surface area contributed by atoms with Gasteiger partial charge in [0.15, 0.2) is 0 Å². The maximum absolute atomic E-state index is 9.60. The SMILES string of the molecule is C=C(C)C(=O)O.C=C(C)C(=O)O.C=C(C)C(=O)O.Cc1c2c([c-](C)c1C)CCCC2.[Ti]. The molecule has 0 amide bonds. The van der Waals surface area contributed by atoms with E-state index in [1.54, 1.807) is 27.8 Å². The van der Waals surface area contributed by atoms with Gasteiger partial charge in [-0.3, -0.25) is 0 Å². The number of aliphatic carboxylic acids is 3. The van der Waals surface area contributed by atoms with Gasteiger partial charge in [-0.1, -0.05) is 66.2 Å². The smallest absolute Gasteiger partial charge is 0.330 e. The number of hydrogen-bond donors (Lipinski definition) is 3. The Morgan fingerprint density at radius 3 is 1.32 bits per heavy atom. The van der Waals surface area contributed by atoms with Crippen molar-refractivity contribution in [3.63, 3.8) is 0 Å². The summed E-state index contributed by atoms with van der Waals surface area (Å²) in [6, 6.07) is 0. The Hall–Kier alpha value is -2.31. The number of carboxylic acids is 3. The Morgan fingerprint density at radius 1 is 0.774 bits per heavy atom. The van der Waals surface area contributed by atoms with E-state index >= 15 is 0 Å². The van der Waals surface area contributed by atoms with E-state index in [4.69, 9.17) is 15.3 Å². The molecule has 0 unspecified atom stereocenters. The number of carbonyl (C=O) groups is 3. The molecule has 2 rings (SSSR count). The first kappa shape index (κ1) is 33.3. The Labute approximate surface area is 200 Å². The molecule has 0 heterocycles. The van der Waals surface area contributed by atoms with Crippen LogP contribution in [-0.4, -0.2) is 33.2 Å². The standard InChI is InChI=1S/C12H17.3C4H6O2.Ti/c1-8-9(2)11-6-4-5-7-12(11)10(8)3;3*1-3(2)4(5)6;/h4-7H2,1-3H3;3*1H2,2H3,(H,5,6);/q-1;;;;. The molecule has 0 aliphatic heterocycles. The molecule has 6 nitrogen and oxygen atoms in total. The zero-order chi connectivity index (χ0) is 24.2. The van der Waals surface area contributed by atoms with Crippen molar-refractivity contribution in [1.82, 2.24) is 0 Å². The fourth-order valence-electron chi connectivity index (χ4n) is 2.47. The molecule has 7 heteroatoms. The van der Waals surface area contributed by atoms with E-state index in [0.29, 0.717) is 0 Å². The molecule has 0 saturated heterocycles. The largest absolute Gasteiger partial charge is 0.478 e. The summed E-state index contributed by atoms with van der Waals surface area (Å²) in [4.78, 5) is 28.8. The molecule has 31 heavy (non-hydrogen) atoms. The summed E-state index contributed by atoms with van der Waals surface area (Å²) in [5.74, 6) is -2.81. The van der Waals surface area contributed by atoms with Gasteiger partial charge in [0.05, 0.1) is 0 Å². The zero-order valence-corrected chi connectivity index (χ0v) is 21.1. The van der Waals surface area contributed by atoms with E-state index in [-0.39, 0.29) is 38.4 Å². The normalized spacial score (nSPS) is 10.6. The minimum Gasteiger partial charge on any atom is -0.478 e. The monoisotopic (exact) mass is 467 g/mol. The first-order valence-corrected chi connectivity index (χ1v) is 9.55. The second-order valence-corrected chi connectivity index (χ2v) is 7.30. The summed E-state index contributed by atoms with van der Waals surface area (Å²) in [6.07, 6.45) is 5.46. The van der Waals surface area contributed by atoms with Crippen LogP contribution in [0, 0.1) is 20.8 Å². The third-order valence-corrected chi connectivity index (χ3v) is 4.59. The van der Waals surface area contributed by atoms with Gasteiger partial charge >= 0.3 is 17.9 Å². The van der Waals surface area contributed by atoms with Crippen molar-refractivity contribution in [2.24, 2.45) is 0 Å². The van der Waals surface area contributed by atoms with Crippen LogP contribution < -0.4 is 0 Å². The molecule has 0 bridgehead atoms. The van der Waals surface area contributed by atoms with Gasteiger partial charge in [0.25, 0.3) is 0 Å². The molecular weight excluding hydrogens is 432 g/mol. The molecule has 1 aromatic rings. The summed E-state index contributed by atoms with van der Waals surface area (Å²) in [5, 5.41) is 23.7. The third-order valence-electron chi connectivity index (χ3n) is 4.59. The summed E-state index contributed by atoms with van der Waals surface area (Å²) in [5.41, 5.74) is 8.57. The van der Waals surface area contributed by atoms with E-state index in [2.05, 4.69) is 40.5 Å².